The van der Waals surface area contributed by atoms with Crippen molar-refractivity contribution in [1.82, 2.24) is 9.80 Å². The van der Waals surface area contributed by atoms with E-state index in [0.29, 0.717) is 18.6 Å². The van der Waals surface area contributed by atoms with Crippen molar-refractivity contribution in [2.45, 2.75) is 32.4 Å². The molecule has 2 rings (SSSR count). The maximum atomic E-state index is 6.02. The van der Waals surface area contributed by atoms with E-state index in [1.165, 1.54) is 12.0 Å². The van der Waals surface area contributed by atoms with Crippen molar-refractivity contribution in [3.8, 4) is 0 Å². The molecule has 0 amide bonds. The Morgan fingerprint density at radius 1 is 1.30 bits per heavy atom. The summed E-state index contributed by atoms with van der Waals surface area (Å²) in [6.07, 6.45) is 1.24. The zero-order valence-corrected chi connectivity index (χ0v) is 13.3. The molecular formula is C16H26ClN3. The van der Waals surface area contributed by atoms with Crippen molar-refractivity contribution in [2.75, 3.05) is 32.7 Å². The van der Waals surface area contributed by atoms with Gasteiger partial charge in [-0.1, -0.05) is 37.6 Å². The van der Waals surface area contributed by atoms with Crippen LogP contribution in [0.15, 0.2) is 24.3 Å². The molecular weight excluding hydrogens is 270 g/mol. The Kier molecular flexibility index (Phi) is 5.85. The van der Waals surface area contributed by atoms with Gasteiger partial charge in [-0.25, -0.2) is 0 Å². The van der Waals surface area contributed by atoms with Gasteiger partial charge in [-0.2, -0.15) is 0 Å². The maximum Gasteiger partial charge on any atom is 0.0471 e. The van der Waals surface area contributed by atoms with Crippen LogP contribution in [0.25, 0.3) is 0 Å². The van der Waals surface area contributed by atoms with Gasteiger partial charge in [-0.3, -0.25) is 9.80 Å². The lowest BCUT2D eigenvalue weighted by molar-refractivity contribution is 0.190. The van der Waals surface area contributed by atoms with Gasteiger partial charge in [0.1, 0.15) is 0 Å². The molecule has 2 unspecified atom stereocenters. The van der Waals surface area contributed by atoms with Gasteiger partial charge in [0, 0.05) is 36.7 Å². The second-order valence-corrected chi connectivity index (χ2v) is 5.90. The molecule has 0 aliphatic carbocycles. The molecule has 2 N–H and O–H groups in total. The van der Waals surface area contributed by atoms with Crippen LogP contribution in [0.4, 0.5) is 0 Å². The summed E-state index contributed by atoms with van der Waals surface area (Å²) in [5.74, 6) is 0. The van der Waals surface area contributed by atoms with E-state index in [1.54, 1.807) is 0 Å². The molecule has 112 valence electrons. The first-order valence-corrected chi connectivity index (χ1v) is 8.01. The standard InChI is InChI=1S/C16H26ClN3/c1-3-19(4-2)15-9-10-20(12-15)16(11-18)13-5-7-14(17)8-6-13/h5-8,15-16H,3-4,9-12,18H2,1-2H3. The van der Waals surface area contributed by atoms with E-state index in [-0.39, 0.29) is 0 Å². The molecule has 1 aromatic rings. The summed E-state index contributed by atoms with van der Waals surface area (Å²) in [4.78, 5) is 5.07. The fourth-order valence-corrected chi connectivity index (χ4v) is 3.40. The van der Waals surface area contributed by atoms with Gasteiger partial charge in [-0.05, 0) is 37.2 Å². The Hall–Kier alpha value is -0.610. The van der Waals surface area contributed by atoms with Gasteiger partial charge < -0.3 is 5.73 Å². The number of hydrogen-bond donors (Lipinski definition) is 1. The SMILES string of the molecule is CCN(CC)C1CCN(C(CN)c2ccc(Cl)cc2)C1. The monoisotopic (exact) mass is 295 g/mol. The Morgan fingerprint density at radius 2 is 1.95 bits per heavy atom. The van der Waals surface area contributed by atoms with Crippen LogP contribution in [0.1, 0.15) is 31.9 Å². The van der Waals surface area contributed by atoms with E-state index in [9.17, 15) is 0 Å². The van der Waals surface area contributed by atoms with Gasteiger partial charge >= 0.3 is 0 Å². The number of likely N-dealkylation sites (N-methyl/N-ethyl adjacent to an activating group) is 1. The average Bonchev–Trinajstić information content (AvgIpc) is 2.93. The normalized spacial score (nSPS) is 21.6. The molecule has 0 saturated carbocycles. The number of rotatable bonds is 6. The van der Waals surface area contributed by atoms with Crippen molar-refractivity contribution in [1.29, 1.82) is 0 Å². The summed E-state index contributed by atoms with van der Waals surface area (Å²) in [5.41, 5.74) is 7.30. The summed E-state index contributed by atoms with van der Waals surface area (Å²) in [7, 11) is 0. The first kappa shape index (κ1) is 15.8. The van der Waals surface area contributed by atoms with Crippen LogP contribution in [0.2, 0.25) is 5.02 Å². The third-order valence-electron chi connectivity index (χ3n) is 4.44. The van der Waals surface area contributed by atoms with Gasteiger partial charge in [0.05, 0.1) is 0 Å². The molecule has 1 saturated heterocycles. The van der Waals surface area contributed by atoms with Gasteiger partial charge in [0.15, 0.2) is 0 Å². The highest BCUT2D eigenvalue weighted by molar-refractivity contribution is 6.30. The molecule has 1 heterocycles. The lowest BCUT2D eigenvalue weighted by Crippen LogP contribution is -2.39. The highest BCUT2D eigenvalue weighted by Gasteiger charge is 2.30. The Balaban J connectivity index is 2.04. The molecule has 0 spiro atoms. The summed E-state index contributed by atoms with van der Waals surface area (Å²) >= 11 is 5.97. The minimum Gasteiger partial charge on any atom is -0.329 e. The molecule has 2 atom stereocenters. The van der Waals surface area contributed by atoms with Crippen LogP contribution in [0, 0.1) is 0 Å². The maximum absolute atomic E-state index is 6.02. The molecule has 0 bridgehead atoms. The van der Waals surface area contributed by atoms with Crippen LogP contribution in [0.5, 0.6) is 0 Å². The van der Waals surface area contributed by atoms with E-state index in [0.717, 1.165) is 31.2 Å². The lowest BCUT2D eigenvalue weighted by atomic mass is 10.1. The van der Waals surface area contributed by atoms with Gasteiger partial charge in [0.25, 0.3) is 0 Å². The fraction of sp³-hybridized carbons (Fsp3) is 0.625. The number of benzene rings is 1. The number of hydrogen-bond acceptors (Lipinski definition) is 3. The Labute approximate surface area is 127 Å². The molecule has 0 radical (unpaired) electrons. The van der Waals surface area contributed by atoms with Crippen LogP contribution in [-0.2, 0) is 0 Å². The van der Waals surface area contributed by atoms with Crippen molar-refractivity contribution >= 4 is 11.6 Å². The van der Waals surface area contributed by atoms with Crippen molar-refractivity contribution in [3.05, 3.63) is 34.9 Å². The van der Waals surface area contributed by atoms with Crippen LogP contribution >= 0.6 is 11.6 Å². The second-order valence-electron chi connectivity index (χ2n) is 5.46. The number of likely N-dealkylation sites (tertiary alicyclic amines) is 1. The minimum atomic E-state index is 0.313. The third kappa shape index (κ3) is 3.53. The predicted octanol–water partition coefficient (Wildman–Crippen LogP) is 2.76. The molecule has 20 heavy (non-hydrogen) atoms. The summed E-state index contributed by atoms with van der Waals surface area (Å²) < 4.78 is 0. The molecule has 3 nitrogen and oxygen atoms in total. The highest BCUT2D eigenvalue weighted by atomic mass is 35.5. The quantitative estimate of drug-likeness (QED) is 0.876. The summed E-state index contributed by atoms with van der Waals surface area (Å²) in [5, 5.41) is 0.784. The van der Waals surface area contributed by atoms with Crippen LogP contribution < -0.4 is 5.73 Å². The molecule has 1 fully saturated rings. The largest absolute Gasteiger partial charge is 0.329 e. The minimum absolute atomic E-state index is 0.313. The van der Waals surface area contributed by atoms with Gasteiger partial charge in [0.2, 0.25) is 0 Å². The molecule has 1 aliphatic rings. The molecule has 4 heteroatoms. The fourth-order valence-electron chi connectivity index (χ4n) is 3.27. The molecule has 1 aromatic carbocycles. The number of nitrogens with two attached hydrogens (primary N) is 1. The second kappa shape index (κ2) is 7.41. The van der Waals surface area contributed by atoms with Crippen LogP contribution in [0.3, 0.4) is 0 Å². The van der Waals surface area contributed by atoms with E-state index in [4.69, 9.17) is 17.3 Å². The summed E-state index contributed by atoms with van der Waals surface area (Å²) in [6, 6.07) is 9.10. The third-order valence-corrected chi connectivity index (χ3v) is 4.69. The van der Waals surface area contributed by atoms with Crippen molar-refractivity contribution in [2.24, 2.45) is 5.73 Å². The first-order valence-electron chi connectivity index (χ1n) is 7.63. The number of halogens is 1. The van der Waals surface area contributed by atoms with E-state index in [2.05, 4.69) is 35.8 Å². The van der Waals surface area contributed by atoms with Crippen LogP contribution in [-0.4, -0.2) is 48.6 Å². The molecule has 0 aromatic heterocycles. The zero-order chi connectivity index (χ0) is 14.5. The van der Waals surface area contributed by atoms with E-state index in [1.807, 2.05) is 12.1 Å². The average molecular weight is 296 g/mol. The molecule has 1 aliphatic heterocycles. The summed E-state index contributed by atoms with van der Waals surface area (Å²) in [6.45, 7) is 9.65. The van der Waals surface area contributed by atoms with Gasteiger partial charge in [-0.15, -0.1) is 0 Å². The lowest BCUT2D eigenvalue weighted by Gasteiger charge is -2.30. The van der Waals surface area contributed by atoms with Crippen molar-refractivity contribution in [3.63, 3.8) is 0 Å². The topological polar surface area (TPSA) is 32.5 Å². The van der Waals surface area contributed by atoms with E-state index >= 15 is 0 Å². The highest BCUT2D eigenvalue weighted by Crippen LogP contribution is 2.27. The van der Waals surface area contributed by atoms with Crippen molar-refractivity contribution < 1.29 is 0 Å². The smallest absolute Gasteiger partial charge is 0.0471 e. The first-order chi connectivity index (χ1) is 9.69. The van der Waals surface area contributed by atoms with E-state index < -0.39 is 0 Å². The zero-order valence-electron chi connectivity index (χ0n) is 12.6. The predicted molar refractivity (Wildman–Crippen MR) is 86.1 cm³/mol. The Morgan fingerprint density at radius 3 is 2.50 bits per heavy atom. The Bertz CT molecular complexity index is 403. The number of nitrogens with zero attached hydrogens (tertiary/aromatic N) is 2.